The highest BCUT2D eigenvalue weighted by atomic mass is 16.5. The van der Waals surface area contributed by atoms with Gasteiger partial charge in [0.05, 0.1) is 13.0 Å². The molecule has 0 spiro atoms. The number of ether oxygens (including phenoxy) is 1. The first kappa shape index (κ1) is 11.1. The number of hydrogen-bond acceptors (Lipinski definition) is 3. The number of methoxy groups -OCH3 is 1. The minimum absolute atomic E-state index is 0.0562. The fraction of sp³-hybridized carbons (Fsp3) is 0.750. The summed E-state index contributed by atoms with van der Waals surface area (Å²) < 4.78 is 4.76. The molecule has 0 aliphatic carbocycles. The largest absolute Gasteiger partial charge is 0.481 e. The van der Waals surface area contributed by atoms with Crippen molar-refractivity contribution >= 4 is 11.8 Å². The molecule has 70 valence electrons. The van der Waals surface area contributed by atoms with Crippen LogP contribution in [0.25, 0.3) is 0 Å². The Labute approximate surface area is 71.5 Å². The molecule has 0 heterocycles. The molecule has 0 rings (SSSR count). The lowest BCUT2D eigenvalue weighted by atomic mass is 10.0. The zero-order chi connectivity index (χ0) is 9.56. The molecule has 0 aromatic heterocycles. The summed E-state index contributed by atoms with van der Waals surface area (Å²) in [5.41, 5.74) is 0. The Bertz CT molecular complexity index is 164. The van der Waals surface area contributed by atoms with Crippen molar-refractivity contribution in [2.24, 2.45) is 5.92 Å². The predicted octanol–water partition coefficient (Wildman–Crippen LogP) is 0.703. The maximum atomic E-state index is 11.1. The highest BCUT2D eigenvalue weighted by Crippen LogP contribution is 2.03. The van der Waals surface area contributed by atoms with Crippen molar-refractivity contribution in [1.82, 2.24) is 0 Å². The van der Waals surface area contributed by atoms with E-state index in [-0.39, 0.29) is 24.5 Å². The van der Waals surface area contributed by atoms with E-state index in [2.05, 4.69) is 0 Å². The molecule has 1 atom stereocenters. The second-order valence-electron chi connectivity index (χ2n) is 2.72. The number of Topliss-reactive ketones (excluding diaryl/α,β-unsaturated/α-hetero) is 1. The van der Waals surface area contributed by atoms with Crippen molar-refractivity contribution < 1.29 is 19.4 Å². The first-order valence-electron chi connectivity index (χ1n) is 3.81. The van der Waals surface area contributed by atoms with Gasteiger partial charge < -0.3 is 9.84 Å². The van der Waals surface area contributed by atoms with E-state index in [0.717, 1.165) is 0 Å². The van der Waals surface area contributed by atoms with Gasteiger partial charge in [0.25, 0.3) is 0 Å². The summed E-state index contributed by atoms with van der Waals surface area (Å²) in [7, 11) is 1.51. The number of carboxylic acids is 1. The Morgan fingerprint density at radius 2 is 2.00 bits per heavy atom. The lowest BCUT2D eigenvalue weighted by molar-refractivity contribution is -0.139. The topological polar surface area (TPSA) is 63.6 Å². The van der Waals surface area contributed by atoms with E-state index in [1.807, 2.05) is 0 Å². The fourth-order valence-corrected chi connectivity index (χ4v) is 0.819. The van der Waals surface area contributed by atoms with Crippen LogP contribution >= 0.6 is 0 Å². The van der Waals surface area contributed by atoms with Crippen LogP contribution in [0.15, 0.2) is 0 Å². The normalized spacial score (nSPS) is 12.5. The number of carbonyl (C=O) groups excluding carboxylic acids is 1. The van der Waals surface area contributed by atoms with Gasteiger partial charge in [0.2, 0.25) is 0 Å². The van der Waals surface area contributed by atoms with E-state index in [0.29, 0.717) is 6.61 Å². The van der Waals surface area contributed by atoms with E-state index in [1.165, 1.54) is 7.11 Å². The monoisotopic (exact) mass is 174 g/mol. The Morgan fingerprint density at radius 1 is 1.42 bits per heavy atom. The molecule has 0 saturated carbocycles. The fourth-order valence-electron chi connectivity index (χ4n) is 0.819. The van der Waals surface area contributed by atoms with Gasteiger partial charge in [-0.25, -0.2) is 0 Å². The van der Waals surface area contributed by atoms with Crippen LogP contribution in [0.4, 0.5) is 0 Å². The van der Waals surface area contributed by atoms with Crippen LogP contribution in [0.3, 0.4) is 0 Å². The maximum absolute atomic E-state index is 11.1. The second kappa shape index (κ2) is 5.71. The molecule has 0 fully saturated rings. The highest BCUT2D eigenvalue weighted by Gasteiger charge is 2.13. The summed E-state index contributed by atoms with van der Waals surface area (Å²) >= 11 is 0. The first-order valence-corrected chi connectivity index (χ1v) is 3.81. The molecular weight excluding hydrogens is 160 g/mol. The zero-order valence-corrected chi connectivity index (χ0v) is 7.37. The van der Waals surface area contributed by atoms with E-state index in [9.17, 15) is 9.59 Å². The summed E-state index contributed by atoms with van der Waals surface area (Å²) in [4.78, 5) is 21.2. The van der Waals surface area contributed by atoms with Gasteiger partial charge in [-0.15, -0.1) is 0 Å². The molecule has 0 amide bonds. The van der Waals surface area contributed by atoms with Crippen molar-refractivity contribution in [3.63, 3.8) is 0 Å². The quantitative estimate of drug-likeness (QED) is 0.643. The van der Waals surface area contributed by atoms with Gasteiger partial charge in [-0.2, -0.15) is 0 Å². The van der Waals surface area contributed by atoms with Crippen molar-refractivity contribution in [2.75, 3.05) is 13.7 Å². The lowest BCUT2D eigenvalue weighted by Crippen LogP contribution is -2.17. The molecule has 1 unspecified atom stereocenters. The first-order chi connectivity index (χ1) is 5.57. The molecule has 0 aliphatic heterocycles. The third-order valence-electron chi connectivity index (χ3n) is 1.55. The summed E-state index contributed by atoms with van der Waals surface area (Å²) in [6, 6.07) is 0. The number of aliphatic carboxylic acids is 1. The number of carboxylic acid groups (broad SMARTS) is 1. The average molecular weight is 174 g/mol. The van der Waals surface area contributed by atoms with Crippen molar-refractivity contribution in [3.05, 3.63) is 0 Å². The van der Waals surface area contributed by atoms with Gasteiger partial charge in [-0.05, 0) is 0 Å². The number of ketones is 1. The van der Waals surface area contributed by atoms with E-state index in [4.69, 9.17) is 9.84 Å². The third-order valence-corrected chi connectivity index (χ3v) is 1.55. The van der Waals surface area contributed by atoms with E-state index >= 15 is 0 Å². The molecule has 4 heteroatoms. The Morgan fingerprint density at radius 3 is 2.42 bits per heavy atom. The summed E-state index contributed by atoms with van der Waals surface area (Å²) in [5.74, 6) is -1.19. The Kier molecular flexibility index (Phi) is 5.28. The molecule has 12 heavy (non-hydrogen) atoms. The minimum atomic E-state index is -0.937. The molecule has 1 N–H and O–H groups in total. The molecule has 0 saturated heterocycles. The smallest absolute Gasteiger partial charge is 0.303 e. The van der Waals surface area contributed by atoms with E-state index in [1.54, 1.807) is 6.92 Å². The number of hydrogen-bond donors (Lipinski definition) is 1. The predicted molar refractivity (Wildman–Crippen MR) is 42.9 cm³/mol. The summed E-state index contributed by atoms with van der Waals surface area (Å²) in [6.07, 6.45) is 0.00669. The van der Waals surface area contributed by atoms with Crippen LogP contribution in [0, 0.1) is 5.92 Å². The molecular formula is C8H14O4. The standard InChI is InChI=1S/C8H14O4/c1-6(5-12-2)7(9)3-4-8(10)11/h6H,3-5H2,1-2H3,(H,10,11). The van der Waals surface area contributed by atoms with Gasteiger partial charge in [0.15, 0.2) is 0 Å². The number of carbonyl (C=O) groups is 2. The van der Waals surface area contributed by atoms with E-state index < -0.39 is 5.97 Å². The maximum Gasteiger partial charge on any atom is 0.303 e. The van der Waals surface area contributed by atoms with Crippen LogP contribution in [-0.4, -0.2) is 30.6 Å². The minimum Gasteiger partial charge on any atom is -0.481 e. The SMILES string of the molecule is COCC(C)C(=O)CCC(=O)O. The molecule has 0 aromatic rings. The average Bonchev–Trinajstić information content (AvgIpc) is 2.00. The van der Waals surface area contributed by atoms with Crippen LogP contribution in [0.5, 0.6) is 0 Å². The molecule has 0 bridgehead atoms. The second-order valence-corrected chi connectivity index (χ2v) is 2.72. The van der Waals surface area contributed by atoms with Crippen LogP contribution in [0.1, 0.15) is 19.8 Å². The lowest BCUT2D eigenvalue weighted by Gasteiger charge is -2.06. The Hall–Kier alpha value is -0.900. The van der Waals surface area contributed by atoms with Gasteiger partial charge >= 0.3 is 5.97 Å². The summed E-state index contributed by atoms with van der Waals surface area (Å²) in [6.45, 7) is 2.09. The molecule has 0 radical (unpaired) electrons. The summed E-state index contributed by atoms with van der Waals surface area (Å²) in [5, 5.41) is 8.29. The van der Waals surface area contributed by atoms with Gasteiger partial charge in [-0.1, -0.05) is 6.92 Å². The van der Waals surface area contributed by atoms with Crippen molar-refractivity contribution in [1.29, 1.82) is 0 Å². The van der Waals surface area contributed by atoms with Crippen LogP contribution < -0.4 is 0 Å². The van der Waals surface area contributed by atoms with Crippen LogP contribution in [0.2, 0.25) is 0 Å². The van der Waals surface area contributed by atoms with Crippen molar-refractivity contribution in [3.8, 4) is 0 Å². The van der Waals surface area contributed by atoms with Gasteiger partial charge in [0.1, 0.15) is 5.78 Å². The van der Waals surface area contributed by atoms with Gasteiger partial charge in [-0.3, -0.25) is 9.59 Å². The third kappa shape index (κ3) is 4.85. The van der Waals surface area contributed by atoms with Crippen molar-refractivity contribution in [2.45, 2.75) is 19.8 Å². The van der Waals surface area contributed by atoms with Gasteiger partial charge in [0, 0.05) is 19.4 Å². The zero-order valence-electron chi connectivity index (χ0n) is 7.37. The molecule has 4 nitrogen and oxygen atoms in total. The Balaban J connectivity index is 3.64. The molecule has 0 aromatic carbocycles. The van der Waals surface area contributed by atoms with Crippen LogP contribution in [-0.2, 0) is 14.3 Å². The number of rotatable bonds is 6. The highest BCUT2D eigenvalue weighted by molar-refractivity contribution is 5.84. The molecule has 0 aliphatic rings.